The number of esters is 1. The first-order valence-corrected chi connectivity index (χ1v) is 8.88. The van der Waals surface area contributed by atoms with Gasteiger partial charge in [0.05, 0.1) is 21.3 Å². The number of hydrogen-bond donors (Lipinski definition) is 1. The van der Waals surface area contributed by atoms with Crippen molar-refractivity contribution in [3.63, 3.8) is 0 Å². The predicted octanol–water partition coefficient (Wildman–Crippen LogP) is 3.98. The van der Waals surface area contributed by atoms with Crippen LogP contribution >= 0.6 is 34.5 Å². The highest BCUT2D eigenvalue weighted by atomic mass is 35.5. The maximum Gasteiger partial charge on any atom is 0.307 e. The van der Waals surface area contributed by atoms with E-state index in [1.54, 1.807) is 17.5 Å². The average Bonchev–Trinajstić information content (AvgIpc) is 3.09. The zero-order valence-corrected chi connectivity index (χ0v) is 15.5. The van der Waals surface area contributed by atoms with Gasteiger partial charge in [0.25, 0.3) is 5.91 Å². The molecular weight excluding hydrogens is 387 g/mol. The number of aromatic nitrogens is 1. The number of thiophene rings is 1. The fraction of sp³-hybridized carbons (Fsp3) is 0.250. The number of rotatable bonds is 7. The number of pyridine rings is 1. The van der Waals surface area contributed by atoms with Crippen molar-refractivity contribution in [3.05, 3.63) is 44.7 Å². The van der Waals surface area contributed by atoms with Crippen molar-refractivity contribution in [3.8, 4) is 0 Å². The number of hydrogen-bond acceptors (Lipinski definition) is 6. The first-order valence-electron chi connectivity index (χ1n) is 7.25. The molecule has 0 radical (unpaired) electrons. The molecule has 0 aromatic carbocycles. The quantitative estimate of drug-likeness (QED) is 0.560. The van der Waals surface area contributed by atoms with Crippen molar-refractivity contribution in [2.24, 2.45) is 0 Å². The zero-order valence-electron chi connectivity index (χ0n) is 13.1. The third kappa shape index (κ3) is 5.81. The topological polar surface area (TPSA) is 85.4 Å². The van der Waals surface area contributed by atoms with E-state index in [1.165, 1.54) is 30.5 Å². The SMILES string of the molecule is C[C@@H](OC(=O)CCC(=O)c1cccs1)C(=O)Nc1ncc(Cl)cc1Cl. The van der Waals surface area contributed by atoms with Crippen LogP contribution in [0.25, 0.3) is 0 Å². The van der Waals surface area contributed by atoms with Crippen LogP contribution < -0.4 is 5.32 Å². The van der Waals surface area contributed by atoms with Crippen LogP contribution in [0.15, 0.2) is 29.8 Å². The van der Waals surface area contributed by atoms with Crippen LogP contribution in [0.5, 0.6) is 0 Å². The van der Waals surface area contributed by atoms with E-state index in [4.69, 9.17) is 27.9 Å². The fourth-order valence-electron chi connectivity index (χ4n) is 1.81. The van der Waals surface area contributed by atoms with Gasteiger partial charge in [-0.25, -0.2) is 4.98 Å². The van der Waals surface area contributed by atoms with Crippen LogP contribution in [0.1, 0.15) is 29.4 Å². The molecule has 2 aromatic heterocycles. The Labute approximate surface area is 158 Å². The molecule has 0 spiro atoms. The Morgan fingerprint density at radius 3 is 2.72 bits per heavy atom. The Kier molecular flexibility index (Phi) is 6.92. The predicted molar refractivity (Wildman–Crippen MR) is 96.3 cm³/mol. The minimum Gasteiger partial charge on any atom is -0.453 e. The first-order chi connectivity index (χ1) is 11.9. The number of Topliss-reactive ketones (excluding diaryl/α,β-unsaturated/α-hetero) is 1. The second-order valence-corrected chi connectivity index (χ2v) is 6.80. The van der Waals surface area contributed by atoms with Gasteiger partial charge in [0.2, 0.25) is 0 Å². The van der Waals surface area contributed by atoms with Crippen LogP contribution in [0.3, 0.4) is 0 Å². The van der Waals surface area contributed by atoms with E-state index in [0.717, 1.165) is 0 Å². The summed E-state index contributed by atoms with van der Waals surface area (Å²) in [5.41, 5.74) is 0. The summed E-state index contributed by atoms with van der Waals surface area (Å²) < 4.78 is 5.02. The van der Waals surface area contributed by atoms with Crippen molar-refractivity contribution in [1.82, 2.24) is 4.98 Å². The molecule has 1 atom stereocenters. The van der Waals surface area contributed by atoms with Crippen molar-refractivity contribution in [1.29, 1.82) is 0 Å². The molecule has 0 unspecified atom stereocenters. The lowest BCUT2D eigenvalue weighted by Gasteiger charge is -2.13. The summed E-state index contributed by atoms with van der Waals surface area (Å²) in [6.07, 6.45) is 0.195. The van der Waals surface area contributed by atoms with E-state index in [1.807, 2.05) is 0 Å². The maximum absolute atomic E-state index is 12.0. The molecule has 25 heavy (non-hydrogen) atoms. The van der Waals surface area contributed by atoms with Gasteiger partial charge in [0.1, 0.15) is 0 Å². The van der Waals surface area contributed by atoms with E-state index >= 15 is 0 Å². The molecule has 6 nitrogen and oxygen atoms in total. The summed E-state index contributed by atoms with van der Waals surface area (Å²) in [5.74, 6) is -1.24. The van der Waals surface area contributed by atoms with Crippen LogP contribution in [0, 0.1) is 0 Å². The normalized spacial score (nSPS) is 11.6. The van der Waals surface area contributed by atoms with Gasteiger partial charge in [0.15, 0.2) is 17.7 Å². The lowest BCUT2D eigenvalue weighted by molar-refractivity contribution is -0.153. The van der Waals surface area contributed by atoms with Gasteiger partial charge in [-0.05, 0) is 24.4 Å². The Morgan fingerprint density at radius 1 is 1.32 bits per heavy atom. The molecule has 132 valence electrons. The number of ether oxygens (including phenoxy) is 1. The first kappa shape index (κ1) is 19.4. The molecule has 2 heterocycles. The third-order valence-electron chi connectivity index (χ3n) is 3.08. The lowest BCUT2D eigenvalue weighted by atomic mass is 10.2. The van der Waals surface area contributed by atoms with E-state index < -0.39 is 18.0 Å². The van der Waals surface area contributed by atoms with Gasteiger partial charge in [0, 0.05) is 12.6 Å². The molecule has 1 amide bonds. The minimum atomic E-state index is -1.06. The highest BCUT2D eigenvalue weighted by Crippen LogP contribution is 2.22. The molecule has 0 aliphatic rings. The van der Waals surface area contributed by atoms with Crippen LogP contribution in [-0.4, -0.2) is 28.7 Å². The second kappa shape index (κ2) is 8.94. The highest BCUT2D eigenvalue weighted by molar-refractivity contribution is 7.12. The highest BCUT2D eigenvalue weighted by Gasteiger charge is 2.20. The van der Waals surface area contributed by atoms with E-state index in [2.05, 4.69) is 10.3 Å². The number of carbonyl (C=O) groups is 3. The van der Waals surface area contributed by atoms with Gasteiger partial charge in [-0.2, -0.15) is 0 Å². The molecule has 0 aliphatic carbocycles. The number of carbonyl (C=O) groups excluding carboxylic acids is 3. The Balaban J connectivity index is 1.81. The molecule has 0 aliphatic heterocycles. The molecule has 9 heteroatoms. The monoisotopic (exact) mass is 400 g/mol. The molecule has 0 fully saturated rings. The molecular formula is C16H14Cl2N2O4S. The van der Waals surface area contributed by atoms with Gasteiger partial charge < -0.3 is 10.1 Å². The molecule has 0 bridgehead atoms. The average molecular weight is 401 g/mol. The van der Waals surface area contributed by atoms with Crippen LogP contribution in [-0.2, 0) is 14.3 Å². The van der Waals surface area contributed by atoms with E-state index in [9.17, 15) is 14.4 Å². The summed E-state index contributed by atoms with van der Waals surface area (Å²) in [5, 5.41) is 4.73. The summed E-state index contributed by atoms with van der Waals surface area (Å²) in [7, 11) is 0. The smallest absolute Gasteiger partial charge is 0.307 e. The number of amides is 1. The number of halogens is 2. The number of nitrogens with zero attached hydrogens (tertiary/aromatic N) is 1. The lowest BCUT2D eigenvalue weighted by Crippen LogP contribution is -2.30. The summed E-state index contributed by atoms with van der Waals surface area (Å²) >= 11 is 12.9. The molecule has 2 rings (SSSR count). The maximum atomic E-state index is 12.0. The Bertz CT molecular complexity index is 780. The Hall–Kier alpha value is -1.96. The van der Waals surface area contributed by atoms with E-state index in [0.29, 0.717) is 9.90 Å². The second-order valence-electron chi connectivity index (χ2n) is 5.01. The number of nitrogens with one attached hydrogen (secondary N) is 1. The van der Waals surface area contributed by atoms with Crippen molar-refractivity contribution < 1.29 is 19.1 Å². The molecule has 0 saturated carbocycles. The van der Waals surface area contributed by atoms with E-state index in [-0.39, 0.29) is 29.5 Å². The molecule has 2 aromatic rings. The van der Waals surface area contributed by atoms with Crippen LogP contribution in [0.4, 0.5) is 5.82 Å². The number of anilines is 1. The summed E-state index contributed by atoms with van der Waals surface area (Å²) in [6, 6.07) is 4.88. The molecule has 0 saturated heterocycles. The Morgan fingerprint density at radius 2 is 2.08 bits per heavy atom. The van der Waals surface area contributed by atoms with Crippen molar-refractivity contribution >= 4 is 58.0 Å². The minimum absolute atomic E-state index is 0.0260. The summed E-state index contributed by atoms with van der Waals surface area (Å²) in [4.78, 5) is 40.1. The van der Waals surface area contributed by atoms with Gasteiger partial charge in [-0.15, -0.1) is 11.3 Å². The van der Waals surface area contributed by atoms with Gasteiger partial charge in [-0.3, -0.25) is 14.4 Å². The summed E-state index contributed by atoms with van der Waals surface area (Å²) in [6.45, 7) is 1.41. The molecule has 1 N–H and O–H groups in total. The largest absolute Gasteiger partial charge is 0.453 e. The standard InChI is InChI=1S/C16H14Cl2N2O4S/c1-9(16(23)20-15-11(18)7-10(17)8-19-15)24-14(22)5-4-12(21)13-3-2-6-25-13/h2-3,6-9H,4-5H2,1H3,(H,19,20,23)/t9-/m1/s1. The number of ketones is 1. The van der Waals surface area contributed by atoms with Crippen molar-refractivity contribution in [2.45, 2.75) is 25.9 Å². The van der Waals surface area contributed by atoms with Crippen LogP contribution in [0.2, 0.25) is 10.0 Å². The van der Waals surface area contributed by atoms with Crippen molar-refractivity contribution in [2.75, 3.05) is 5.32 Å². The van der Waals surface area contributed by atoms with Gasteiger partial charge >= 0.3 is 5.97 Å². The van der Waals surface area contributed by atoms with Gasteiger partial charge in [-0.1, -0.05) is 29.3 Å². The fourth-order valence-corrected chi connectivity index (χ4v) is 2.93. The zero-order chi connectivity index (χ0) is 18.4. The third-order valence-corrected chi connectivity index (χ3v) is 4.48.